The average Bonchev–Trinajstić information content (AvgIpc) is 2.68. The lowest BCUT2D eigenvalue weighted by molar-refractivity contribution is -0.390. The number of rotatable bonds is 9. The van der Waals surface area contributed by atoms with Crippen molar-refractivity contribution in [3.05, 3.63) is 52.2 Å². The lowest BCUT2D eigenvalue weighted by Crippen LogP contribution is -2.30. The minimum Gasteiger partial charge on any atom is -0.476 e. The summed E-state index contributed by atoms with van der Waals surface area (Å²) in [7, 11) is -3.58. The molecular weight excluding hydrogens is 400 g/mol. The van der Waals surface area contributed by atoms with Crippen LogP contribution in [0.5, 0.6) is 5.75 Å². The Labute approximate surface area is 168 Å². The quantitative estimate of drug-likeness (QED) is 0.484. The topological polar surface area (TPSA) is 132 Å². The highest BCUT2D eigenvalue weighted by Crippen LogP contribution is 2.24. The van der Waals surface area contributed by atoms with Gasteiger partial charge in [0.15, 0.2) is 6.61 Å². The van der Waals surface area contributed by atoms with Crippen LogP contribution in [0.4, 0.5) is 11.5 Å². The molecule has 29 heavy (non-hydrogen) atoms. The summed E-state index contributed by atoms with van der Waals surface area (Å²) in [5.41, 5.74) is 0.821. The zero-order chi connectivity index (χ0) is 21.6. The largest absolute Gasteiger partial charge is 0.476 e. The summed E-state index contributed by atoms with van der Waals surface area (Å²) < 4.78 is 31.4. The van der Waals surface area contributed by atoms with Gasteiger partial charge in [-0.2, -0.15) is 4.31 Å². The minimum absolute atomic E-state index is 0.114. The second kappa shape index (κ2) is 9.43. The van der Waals surface area contributed by atoms with E-state index in [9.17, 15) is 23.3 Å². The van der Waals surface area contributed by atoms with Crippen molar-refractivity contribution in [2.45, 2.75) is 25.7 Å². The summed E-state index contributed by atoms with van der Waals surface area (Å²) in [6.07, 6.45) is 0. The average molecular weight is 422 g/mol. The molecule has 0 saturated carbocycles. The molecule has 0 aliphatic rings. The van der Waals surface area contributed by atoms with Gasteiger partial charge < -0.3 is 20.2 Å². The van der Waals surface area contributed by atoms with Crippen molar-refractivity contribution in [3.8, 4) is 5.75 Å². The summed E-state index contributed by atoms with van der Waals surface area (Å²) in [4.78, 5) is 26.3. The van der Waals surface area contributed by atoms with Crippen LogP contribution in [0.2, 0.25) is 0 Å². The van der Waals surface area contributed by atoms with Crippen LogP contribution in [0.15, 0.2) is 41.3 Å². The number of amides is 1. The SMILES string of the molecule is CCN(CC)S(=O)(=O)c1ccc(NC(=O)COc2ccc(C)nc2[N+](=O)[O-])cc1. The molecule has 0 unspecified atom stereocenters. The smallest absolute Gasteiger partial charge is 0.406 e. The van der Waals surface area contributed by atoms with Crippen molar-refractivity contribution in [1.29, 1.82) is 0 Å². The number of pyridine rings is 1. The van der Waals surface area contributed by atoms with Gasteiger partial charge in [-0.3, -0.25) is 4.79 Å². The number of nitrogens with zero attached hydrogens (tertiary/aromatic N) is 3. The van der Waals surface area contributed by atoms with Gasteiger partial charge in [-0.25, -0.2) is 8.42 Å². The number of carbonyl (C=O) groups excluding carboxylic acids is 1. The van der Waals surface area contributed by atoms with Crippen LogP contribution in [-0.2, 0) is 14.8 Å². The molecule has 0 spiro atoms. The van der Waals surface area contributed by atoms with Crippen molar-refractivity contribution in [3.63, 3.8) is 0 Å². The molecule has 156 valence electrons. The Morgan fingerprint density at radius 1 is 1.17 bits per heavy atom. The van der Waals surface area contributed by atoms with Crippen LogP contribution in [0.25, 0.3) is 0 Å². The number of nitrogens with one attached hydrogen (secondary N) is 1. The molecule has 1 N–H and O–H groups in total. The van der Waals surface area contributed by atoms with Crippen LogP contribution >= 0.6 is 0 Å². The van der Waals surface area contributed by atoms with Crippen molar-refractivity contribution < 1.29 is 22.9 Å². The van der Waals surface area contributed by atoms with E-state index in [0.717, 1.165) is 0 Å². The van der Waals surface area contributed by atoms with Gasteiger partial charge in [-0.1, -0.05) is 13.8 Å². The van der Waals surface area contributed by atoms with Gasteiger partial charge in [0.2, 0.25) is 15.8 Å². The third-order valence-corrected chi connectivity index (χ3v) is 6.06. The monoisotopic (exact) mass is 422 g/mol. The third-order valence-electron chi connectivity index (χ3n) is 3.99. The summed E-state index contributed by atoms with van der Waals surface area (Å²) in [5.74, 6) is -1.14. The molecule has 0 aliphatic carbocycles. The zero-order valence-corrected chi connectivity index (χ0v) is 17.1. The first-order valence-electron chi connectivity index (χ1n) is 8.84. The fourth-order valence-electron chi connectivity index (χ4n) is 2.54. The van der Waals surface area contributed by atoms with E-state index in [1.165, 1.54) is 40.7 Å². The number of hydrogen-bond donors (Lipinski definition) is 1. The molecule has 1 heterocycles. The van der Waals surface area contributed by atoms with E-state index in [2.05, 4.69) is 10.3 Å². The van der Waals surface area contributed by atoms with Crippen LogP contribution in [0, 0.1) is 17.0 Å². The number of sulfonamides is 1. The van der Waals surface area contributed by atoms with Crippen molar-refractivity contribution in [1.82, 2.24) is 9.29 Å². The molecule has 0 aliphatic heterocycles. The number of carbonyl (C=O) groups is 1. The Morgan fingerprint density at radius 2 is 1.79 bits per heavy atom. The molecule has 2 rings (SSSR count). The molecule has 11 heteroatoms. The fourth-order valence-corrected chi connectivity index (χ4v) is 3.99. The number of hydrogen-bond acceptors (Lipinski definition) is 7. The minimum atomic E-state index is -3.58. The maximum atomic E-state index is 12.5. The summed E-state index contributed by atoms with van der Waals surface area (Å²) >= 11 is 0. The van der Waals surface area contributed by atoms with Gasteiger partial charge >= 0.3 is 5.82 Å². The second-order valence-corrected chi connectivity index (χ2v) is 7.92. The van der Waals surface area contributed by atoms with Crippen LogP contribution in [0.1, 0.15) is 19.5 Å². The lowest BCUT2D eigenvalue weighted by Gasteiger charge is -2.18. The van der Waals surface area contributed by atoms with E-state index in [0.29, 0.717) is 24.5 Å². The Bertz CT molecular complexity index is 988. The van der Waals surface area contributed by atoms with Gasteiger partial charge in [0.25, 0.3) is 5.91 Å². The van der Waals surface area contributed by atoms with Crippen LogP contribution in [0.3, 0.4) is 0 Å². The van der Waals surface area contributed by atoms with Gasteiger partial charge in [0.1, 0.15) is 5.69 Å². The summed E-state index contributed by atoms with van der Waals surface area (Å²) in [6, 6.07) is 8.64. The van der Waals surface area contributed by atoms with Gasteiger partial charge in [0, 0.05) is 25.7 Å². The van der Waals surface area contributed by atoms with Crippen LogP contribution < -0.4 is 10.1 Å². The molecule has 2 aromatic rings. The Kier molecular flexibility index (Phi) is 7.23. The highest BCUT2D eigenvalue weighted by molar-refractivity contribution is 7.89. The Balaban J connectivity index is 2.03. The van der Waals surface area contributed by atoms with E-state index >= 15 is 0 Å². The predicted octanol–water partition coefficient (Wildman–Crippen LogP) is 2.35. The normalized spacial score (nSPS) is 11.3. The molecule has 0 fully saturated rings. The fraction of sp³-hybridized carbons (Fsp3) is 0.333. The first-order valence-corrected chi connectivity index (χ1v) is 10.3. The maximum Gasteiger partial charge on any atom is 0.406 e. The highest BCUT2D eigenvalue weighted by Gasteiger charge is 2.21. The molecule has 0 atom stereocenters. The predicted molar refractivity (Wildman–Crippen MR) is 106 cm³/mol. The van der Waals surface area contributed by atoms with Gasteiger partial charge in [0.05, 0.1) is 4.90 Å². The number of aryl methyl sites for hydroxylation is 1. The second-order valence-electron chi connectivity index (χ2n) is 5.98. The number of anilines is 1. The first-order chi connectivity index (χ1) is 13.7. The third kappa shape index (κ3) is 5.48. The molecule has 10 nitrogen and oxygen atoms in total. The summed E-state index contributed by atoms with van der Waals surface area (Å²) in [6.45, 7) is 5.36. The molecule has 1 aromatic carbocycles. The first kappa shape index (κ1) is 22.2. The molecule has 0 bridgehead atoms. The highest BCUT2D eigenvalue weighted by atomic mass is 32.2. The van der Waals surface area contributed by atoms with E-state index in [1.807, 2.05) is 0 Å². The molecule has 1 aromatic heterocycles. The Hall–Kier alpha value is -3.05. The van der Waals surface area contributed by atoms with Crippen LogP contribution in [-0.4, -0.2) is 48.2 Å². The number of benzene rings is 1. The number of aromatic nitrogens is 1. The molecule has 0 radical (unpaired) electrons. The van der Waals surface area contributed by atoms with Gasteiger partial charge in [-0.05, 0) is 46.3 Å². The van der Waals surface area contributed by atoms with Crippen molar-refractivity contribution >= 4 is 27.4 Å². The van der Waals surface area contributed by atoms with E-state index in [4.69, 9.17) is 4.74 Å². The van der Waals surface area contributed by atoms with Crippen molar-refractivity contribution in [2.24, 2.45) is 0 Å². The van der Waals surface area contributed by atoms with E-state index in [1.54, 1.807) is 20.8 Å². The molecule has 1 amide bonds. The maximum absolute atomic E-state index is 12.5. The van der Waals surface area contributed by atoms with E-state index < -0.39 is 33.3 Å². The standard InChI is InChI=1S/C18H22N4O6S/c1-4-21(5-2)29(26,27)15-9-7-14(8-10-15)20-17(23)12-28-16-11-6-13(3)19-18(16)22(24)25/h6-11H,4-5,12H2,1-3H3,(H,20,23). The zero-order valence-electron chi connectivity index (χ0n) is 16.3. The Morgan fingerprint density at radius 3 is 2.34 bits per heavy atom. The molecule has 0 saturated heterocycles. The number of nitro groups is 1. The summed E-state index contributed by atoms with van der Waals surface area (Å²) in [5, 5.41) is 13.6. The number of ether oxygens (including phenoxy) is 1. The van der Waals surface area contributed by atoms with Gasteiger partial charge in [-0.15, -0.1) is 0 Å². The molecular formula is C18H22N4O6S. The van der Waals surface area contributed by atoms with E-state index in [-0.39, 0.29) is 10.6 Å². The lowest BCUT2D eigenvalue weighted by atomic mass is 10.3. The van der Waals surface area contributed by atoms with Crippen molar-refractivity contribution in [2.75, 3.05) is 25.0 Å².